The highest BCUT2D eigenvalue weighted by atomic mass is 16.5. The highest BCUT2D eigenvalue weighted by Crippen LogP contribution is 2.38. The minimum atomic E-state index is -0.334. The van der Waals surface area contributed by atoms with E-state index in [4.69, 9.17) is 14.2 Å². The predicted octanol–water partition coefficient (Wildman–Crippen LogP) is 4.21. The number of methoxy groups -OCH3 is 2. The molecule has 0 radical (unpaired) electrons. The van der Waals surface area contributed by atoms with E-state index in [0.29, 0.717) is 53.0 Å². The number of carbonyl (C=O) groups is 2. The predicted molar refractivity (Wildman–Crippen MR) is 158 cm³/mol. The normalized spacial score (nSPS) is 10.7. The molecular formula is C30H37N5O5. The number of benzene rings is 2. The average Bonchev–Trinajstić information content (AvgIpc) is 2.96. The van der Waals surface area contributed by atoms with Gasteiger partial charge >= 0.3 is 0 Å². The molecule has 0 aliphatic heterocycles. The van der Waals surface area contributed by atoms with Gasteiger partial charge in [-0.3, -0.25) is 9.59 Å². The topological polar surface area (TPSA) is 105 Å². The Morgan fingerprint density at radius 1 is 0.950 bits per heavy atom. The summed E-state index contributed by atoms with van der Waals surface area (Å²) in [5.74, 6) is 1.16. The number of rotatable bonds is 15. The summed E-state index contributed by atoms with van der Waals surface area (Å²) in [5.41, 5.74) is 2.92. The maximum absolute atomic E-state index is 13.2. The Kier molecular flexibility index (Phi) is 11.0. The molecule has 10 heteroatoms. The second-order valence-corrected chi connectivity index (χ2v) is 9.24. The van der Waals surface area contributed by atoms with Gasteiger partial charge in [0.15, 0.2) is 5.78 Å². The summed E-state index contributed by atoms with van der Waals surface area (Å²) < 4.78 is 16.2. The van der Waals surface area contributed by atoms with E-state index in [1.807, 2.05) is 32.1 Å². The van der Waals surface area contributed by atoms with Gasteiger partial charge in [-0.2, -0.15) is 0 Å². The van der Waals surface area contributed by atoms with Crippen LogP contribution in [0.25, 0.3) is 0 Å². The molecule has 0 bridgehead atoms. The van der Waals surface area contributed by atoms with Crippen LogP contribution in [0, 0.1) is 0 Å². The second kappa shape index (κ2) is 14.7. The third kappa shape index (κ3) is 8.29. The van der Waals surface area contributed by atoms with Crippen LogP contribution >= 0.6 is 0 Å². The van der Waals surface area contributed by atoms with Gasteiger partial charge in [-0.15, -0.1) is 0 Å². The van der Waals surface area contributed by atoms with Crippen LogP contribution in [0.5, 0.6) is 11.5 Å². The SMILES string of the molecule is C=CC(=O)Nc1cc(Nc2cc(C(=O)c3ccc(OCCOC)cc3)ccn2)c(OC)cc1N(C)CCN(C)C. The van der Waals surface area contributed by atoms with Crippen LogP contribution in [-0.4, -0.2) is 83.2 Å². The number of likely N-dealkylation sites (N-methyl/N-ethyl adjacent to an activating group) is 2. The molecule has 1 aromatic heterocycles. The minimum Gasteiger partial charge on any atom is -0.494 e. The Bertz CT molecular complexity index is 1310. The summed E-state index contributed by atoms with van der Waals surface area (Å²) in [7, 11) is 9.13. The van der Waals surface area contributed by atoms with Crippen molar-refractivity contribution >= 4 is 34.6 Å². The number of pyridine rings is 1. The number of nitrogens with one attached hydrogen (secondary N) is 2. The van der Waals surface area contributed by atoms with E-state index in [1.165, 1.54) is 6.08 Å². The van der Waals surface area contributed by atoms with Crippen molar-refractivity contribution in [3.05, 3.63) is 78.5 Å². The maximum Gasteiger partial charge on any atom is 0.247 e. The largest absolute Gasteiger partial charge is 0.494 e. The van der Waals surface area contributed by atoms with Crippen molar-refractivity contribution < 1.29 is 23.8 Å². The molecule has 0 saturated carbocycles. The Hall–Kier alpha value is -4.41. The van der Waals surface area contributed by atoms with Crippen molar-refractivity contribution in [3.63, 3.8) is 0 Å². The Morgan fingerprint density at radius 3 is 2.35 bits per heavy atom. The molecule has 0 aliphatic carbocycles. The Balaban J connectivity index is 1.86. The molecular weight excluding hydrogens is 510 g/mol. The van der Waals surface area contributed by atoms with E-state index in [9.17, 15) is 9.59 Å². The van der Waals surface area contributed by atoms with Crippen LogP contribution < -0.4 is 25.0 Å². The Labute approximate surface area is 235 Å². The fraction of sp³-hybridized carbons (Fsp3) is 0.300. The van der Waals surface area contributed by atoms with Crippen LogP contribution in [0.2, 0.25) is 0 Å². The molecule has 212 valence electrons. The van der Waals surface area contributed by atoms with E-state index in [0.717, 1.165) is 18.8 Å². The zero-order valence-electron chi connectivity index (χ0n) is 23.7. The van der Waals surface area contributed by atoms with Gasteiger partial charge in [-0.25, -0.2) is 4.98 Å². The molecule has 0 saturated heterocycles. The first-order valence-corrected chi connectivity index (χ1v) is 12.8. The molecule has 1 heterocycles. The first-order chi connectivity index (χ1) is 19.2. The maximum atomic E-state index is 13.2. The van der Waals surface area contributed by atoms with E-state index in [-0.39, 0.29) is 11.7 Å². The van der Waals surface area contributed by atoms with Crippen molar-refractivity contribution in [2.24, 2.45) is 0 Å². The van der Waals surface area contributed by atoms with Gasteiger partial charge in [0, 0.05) is 50.6 Å². The van der Waals surface area contributed by atoms with Gasteiger partial charge in [0.25, 0.3) is 0 Å². The van der Waals surface area contributed by atoms with Gasteiger partial charge in [0.05, 0.1) is 30.8 Å². The van der Waals surface area contributed by atoms with Crippen molar-refractivity contribution in [1.82, 2.24) is 9.88 Å². The van der Waals surface area contributed by atoms with Crippen molar-refractivity contribution in [1.29, 1.82) is 0 Å². The number of nitrogens with zero attached hydrogens (tertiary/aromatic N) is 3. The number of amides is 1. The van der Waals surface area contributed by atoms with E-state index >= 15 is 0 Å². The lowest BCUT2D eigenvalue weighted by Crippen LogP contribution is -2.29. The summed E-state index contributed by atoms with van der Waals surface area (Å²) in [4.78, 5) is 33.9. The van der Waals surface area contributed by atoms with Crippen molar-refractivity contribution in [3.8, 4) is 11.5 Å². The number of anilines is 4. The molecule has 3 rings (SSSR count). The van der Waals surface area contributed by atoms with E-state index in [1.54, 1.807) is 62.9 Å². The number of ketones is 1. The molecule has 40 heavy (non-hydrogen) atoms. The third-order valence-corrected chi connectivity index (χ3v) is 6.01. The van der Waals surface area contributed by atoms with Gasteiger partial charge in [0.1, 0.15) is 23.9 Å². The zero-order chi connectivity index (χ0) is 29.1. The monoisotopic (exact) mass is 547 g/mol. The average molecular weight is 548 g/mol. The van der Waals surface area contributed by atoms with Crippen molar-refractivity contribution in [2.45, 2.75) is 0 Å². The number of hydrogen-bond donors (Lipinski definition) is 2. The summed E-state index contributed by atoms with van der Waals surface area (Å²) in [5, 5.41) is 6.11. The van der Waals surface area contributed by atoms with E-state index < -0.39 is 0 Å². The minimum absolute atomic E-state index is 0.155. The fourth-order valence-electron chi connectivity index (χ4n) is 3.80. The zero-order valence-corrected chi connectivity index (χ0v) is 23.7. The lowest BCUT2D eigenvalue weighted by molar-refractivity contribution is -0.111. The summed E-state index contributed by atoms with van der Waals surface area (Å²) >= 11 is 0. The van der Waals surface area contributed by atoms with E-state index in [2.05, 4.69) is 27.1 Å². The number of ether oxygens (including phenoxy) is 3. The number of carbonyl (C=O) groups excluding carboxylic acids is 2. The highest BCUT2D eigenvalue weighted by Gasteiger charge is 2.17. The standard InChI is InChI=1S/C30H37N5O5/c1-7-29(36)33-24-19-25(27(39-6)20-26(24)35(4)15-14-34(2)3)32-28-18-22(12-13-31-28)30(37)21-8-10-23(11-9-21)40-17-16-38-5/h7-13,18-20H,1,14-17H2,2-6H3,(H,31,32)(H,33,36). The molecule has 3 aromatic rings. The fourth-order valence-corrected chi connectivity index (χ4v) is 3.80. The molecule has 0 fully saturated rings. The first kappa shape index (κ1) is 30.1. The molecule has 1 amide bonds. The van der Waals surface area contributed by atoms with Crippen LogP contribution in [0.4, 0.5) is 22.9 Å². The molecule has 0 unspecified atom stereocenters. The molecule has 0 atom stereocenters. The molecule has 2 N–H and O–H groups in total. The molecule has 2 aromatic carbocycles. The third-order valence-electron chi connectivity index (χ3n) is 6.01. The second-order valence-electron chi connectivity index (χ2n) is 9.24. The summed E-state index contributed by atoms with van der Waals surface area (Å²) in [6.07, 6.45) is 2.78. The number of hydrogen-bond acceptors (Lipinski definition) is 9. The smallest absolute Gasteiger partial charge is 0.247 e. The van der Waals surface area contributed by atoms with Crippen molar-refractivity contribution in [2.75, 3.05) is 77.2 Å². The molecule has 10 nitrogen and oxygen atoms in total. The quantitative estimate of drug-likeness (QED) is 0.164. The number of aromatic nitrogens is 1. The summed E-state index contributed by atoms with van der Waals surface area (Å²) in [6, 6.07) is 13.9. The van der Waals surface area contributed by atoms with Gasteiger partial charge in [-0.1, -0.05) is 6.58 Å². The molecule has 0 aliphatic rings. The van der Waals surface area contributed by atoms with Gasteiger partial charge in [-0.05, 0) is 62.6 Å². The lowest BCUT2D eigenvalue weighted by Gasteiger charge is -2.26. The molecule has 0 spiro atoms. The van der Waals surface area contributed by atoms with Gasteiger partial charge in [0.2, 0.25) is 5.91 Å². The lowest BCUT2D eigenvalue weighted by atomic mass is 10.0. The van der Waals surface area contributed by atoms with Gasteiger partial charge < -0.3 is 34.6 Å². The van der Waals surface area contributed by atoms with Crippen LogP contribution in [0.3, 0.4) is 0 Å². The van der Waals surface area contributed by atoms with Crippen LogP contribution in [0.1, 0.15) is 15.9 Å². The Morgan fingerprint density at radius 2 is 1.70 bits per heavy atom. The highest BCUT2D eigenvalue weighted by molar-refractivity contribution is 6.09. The van der Waals surface area contributed by atoms with Crippen LogP contribution in [0.15, 0.2) is 67.4 Å². The summed E-state index contributed by atoms with van der Waals surface area (Å²) in [6.45, 7) is 6.02. The van der Waals surface area contributed by atoms with Crippen LogP contribution in [-0.2, 0) is 9.53 Å². The first-order valence-electron chi connectivity index (χ1n) is 12.8.